The number of thioether (sulfide) groups is 1. The summed E-state index contributed by atoms with van der Waals surface area (Å²) >= 11 is 2.11. The van der Waals surface area contributed by atoms with Crippen LogP contribution in [-0.2, 0) is 0 Å². The highest BCUT2D eigenvalue weighted by Gasteiger charge is 2.21. The Balaban J connectivity index is 1.58. The molecule has 22 heavy (non-hydrogen) atoms. The Labute approximate surface area is 139 Å². The lowest BCUT2D eigenvalue weighted by Gasteiger charge is -2.35. The van der Waals surface area contributed by atoms with Crippen LogP contribution in [0.15, 0.2) is 30.3 Å². The zero-order valence-corrected chi connectivity index (χ0v) is 14.5. The second-order valence-corrected chi connectivity index (χ2v) is 7.85. The van der Waals surface area contributed by atoms with Crippen molar-refractivity contribution in [2.75, 3.05) is 57.8 Å². The quantitative estimate of drug-likeness (QED) is 0.867. The van der Waals surface area contributed by atoms with E-state index in [-0.39, 0.29) is 0 Å². The van der Waals surface area contributed by atoms with E-state index in [0.717, 1.165) is 12.5 Å². The van der Waals surface area contributed by atoms with Crippen LogP contribution in [0.2, 0.25) is 0 Å². The molecule has 2 saturated heterocycles. The molecule has 0 spiro atoms. The van der Waals surface area contributed by atoms with Gasteiger partial charge in [0.15, 0.2) is 0 Å². The molecule has 0 unspecified atom stereocenters. The highest BCUT2D eigenvalue weighted by Crippen LogP contribution is 2.24. The topological polar surface area (TPSA) is 18.5 Å². The van der Waals surface area contributed by atoms with Crippen LogP contribution in [0.1, 0.15) is 18.0 Å². The summed E-state index contributed by atoms with van der Waals surface area (Å²) in [6, 6.07) is 11.5. The lowest BCUT2D eigenvalue weighted by molar-refractivity contribution is 0.141. The maximum absolute atomic E-state index is 3.87. The van der Waals surface area contributed by atoms with Gasteiger partial charge in [-0.2, -0.15) is 11.8 Å². The lowest BCUT2D eigenvalue weighted by Crippen LogP contribution is -2.47. The molecule has 2 fully saturated rings. The summed E-state index contributed by atoms with van der Waals surface area (Å²) in [5.74, 6) is 3.55. The Hall–Kier alpha value is -0.550. The molecule has 122 valence electrons. The molecule has 0 radical (unpaired) electrons. The molecule has 0 bridgehead atoms. The molecule has 0 saturated carbocycles. The van der Waals surface area contributed by atoms with Gasteiger partial charge in [-0.05, 0) is 43.0 Å². The molecule has 0 aromatic heterocycles. The average Bonchev–Trinajstić information content (AvgIpc) is 3.07. The largest absolute Gasteiger partial charge is 0.309 e. The summed E-state index contributed by atoms with van der Waals surface area (Å²) in [5.41, 5.74) is 1.44. The maximum atomic E-state index is 3.87. The minimum absolute atomic E-state index is 0.468. The highest BCUT2D eigenvalue weighted by molar-refractivity contribution is 7.99. The summed E-state index contributed by atoms with van der Waals surface area (Å²) in [4.78, 5) is 5.05. The highest BCUT2D eigenvalue weighted by atomic mass is 32.2. The fraction of sp³-hybridized carbons (Fsp3) is 0.667. The summed E-state index contributed by atoms with van der Waals surface area (Å²) in [7, 11) is 2.22. The first-order valence-electron chi connectivity index (χ1n) is 8.58. The van der Waals surface area contributed by atoms with Crippen LogP contribution in [0.5, 0.6) is 0 Å². The van der Waals surface area contributed by atoms with E-state index < -0.39 is 0 Å². The average molecular weight is 320 g/mol. The van der Waals surface area contributed by atoms with Crippen molar-refractivity contribution >= 4 is 11.8 Å². The first-order valence-corrected chi connectivity index (χ1v) is 9.73. The van der Waals surface area contributed by atoms with E-state index in [4.69, 9.17) is 0 Å². The van der Waals surface area contributed by atoms with Gasteiger partial charge in [0.1, 0.15) is 0 Å². The van der Waals surface area contributed by atoms with Gasteiger partial charge in [-0.3, -0.25) is 4.90 Å². The van der Waals surface area contributed by atoms with Gasteiger partial charge in [-0.15, -0.1) is 0 Å². The van der Waals surface area contributed by atoms with Gasteiger partial charge in [-0.25, -0.2) is 0 Å². The zero-order valence-electron chi connectivity index (χ0n) is 13.7. The number of hydrogen-bond donors (Lipinski definition) is 1. The lowest BCUT2D eigenvalue weighted by atomic mass is 10.0. The van der Waals surface area contributed by atoms with Crippen molar-refractivity contribution in [3.63, 3.8) is 0 Å². The number of nitrogens with zero attached hydrogens (tertiary/aromatic N) is 2. The minimum Gasteiger partial charge on any atom is -0.309 e. The molecule has 3 nitrogen and oxygen atoms in total. The maximum Gasteiger partial charge on any atom is 0.0449 e. The number of likely N-dealkylation sites (N-methyl/N-ethyl adjacent to an activating group) is 1. The fourth-order valence-corrected chi connectivity index (χ4v) is 4.60. The zero-order chi connectivity index (χ0) is 15.2. The third-order valence-corrected chi connectivity index (χ3v) is 6.15. The predicted molar refractivity (Wildman–Crippen MR) is 96.6 cm³/mol. The van der Waals surface area contributed by atoms with Gasteiger partial charge in [-0.1, -0.05) is 30.3 Å². The summed E-state index contributed by atoms with van der Waals surface area (Å²) in [6.45, 7) is 7.08. The van der Waals surface area contributed by atoms with Gasteiger partial charge in [0.25, 0.3) is 0 Å². The normalized spacial score (nSPS) is 25.4. The summed E-state index contributed by atoms with van der Waals surface area (Å²) < 4.78 is 0. The van der Waals surface area contributed by atoms with E-state index in [2.05, 4.69) is 64.3 Å². The van der Waals surface area contributed by atoms with Crippen LogP contribution < -0.4 is 5.32 Å². The van der Waals surface area contributed by atoms with Crippen molar-refractivity contribution < 1.29 is 0 Å². The molecule has 0 aliphatic carbocycles. The number of rotatable bonds is 6. The number of hydrogen-bond acceptors (Lipinski definition) is 4. The molecule has 1 aromatic rings. The second-order valence-electron chi connectivity index (χ2n) is 6.71. The molecule has 2 aliphatic heterocycles. The van der Waals surface area contributed by atoms with Crippen LogP contribution >= 0.6 is 11.8 Å². The first kappa shape index (κ1) is 16.3. The van der Waals surface area contributed by atoms with E-state index in [1.807, 2.05) is 0 Å². The smallest absolute Gasteiger partial charge is 0.0449 e. The van der Waals surface area contributed by atoms with Gasteiger partial charge < -0.3 is 10.2 Å². The molecule has 0 amide bonds. The van der Waals surface area contributed by atoms with E-state index in [9.17, 15) is 0 Å². The predicted octanol–water partition coefficient (Wildman–Crippen LogP) is 2.32. The molecular formula is C18H29N3S. The summed E-state index contributed by atoms with van der Waals surface area (Å²) in [6.07, 6.45) is 1.38. The SMILES string of the molecule is CN1CCN(C[C@@H](NC[C@@H]2CCSC2)c2ccccc2)CC1. The molecular weight excluding hydrogens is 290 g/mol. The van der Waals surface area contributed by atoms with Crippen LogP contribution in [-0.4, -0.2) is 67.6 Å². The Kier molecular flexibility index (Phi) is 6.19. The number of benzene rings is 1. The second kappa shape index (κ2) is 8.34. The third-order valence-electron chi connectivity index (χ3n) is 4.92. The molecule has 3 rings (SSSR count). The molecule has 1 N–H and O–H groups in total. The van der Waals surface area contributed by atoms with E-state index in [1.165, 1.54) is 56.2 Å². The van der Waals surface area contributed by atoms with Gasteiger partial charge in [0.05, 0.1) is 0 Å². The molecule has 2 heterocycles. The van der Waals surface area contributed by atoms with Crippen molar-refractivity contribution in [2.24, 2.45) is 5.92 Å². The standard InChI is InChI=1S/C18H29N3S/c1-20-8-10-21(11-9-20)14-18(17-5-3-2-4-6-17)19-13-16-7-12-22-15-16/h2-6,16,18-19H,7-15H2,1H3/t16-,18+/m0/s1. The molecule has 1 aromatic carbocycles. The van der Waals surface area contributed by atoms with E-state index in [0.29, 0.717) is 6.04 Å². The first-order chi connectivity index (χ1) is 10.8. The van der Waals surface area contributed by atoms with Crippen molar-refractivity contribution in [1.29, 1.82) is 0 Å². The van der Waals surface area contributed by atoms with Crippen LogP contribution in [0.4, 0.5) is 0 Å². The van der Waals surface area contributed by atoms with Crippen molar-refractivity contribution in [3.8, 4) is 0 Å². The molecule has 2 atom stereocenters. The van der Waals surface area contributed by atoms with Crippen molar-refractivity contribution in [2.45, 2.75) is 12.5 Å². The van der Waals surface area contributed by atoms with E-state index in [1.54, 1.807) is 0 Å². The van der Waals surface area contributed by atoms with Crippen LogP contribution in [0, 0.1) is 5.92 Å². The Morgan fingerprint density at radius 3 is 2.64 bits per heavy atom. The van der Waals surface area contributed by atoms with E-state index >= 15 is 0 Å². The Morgan fingerprint density at radius 1 is 1.18 bits per heavy atom. The summed E-state index contributed by atoms with van der Waals surface area (Å²) in [5, 5.41) is 3.87. The fourth-order valence-electron chi connectivity index (χ4n) is 3.32. The molecule has 4 heteroatoms. The number of piperazine rings is 1. The molecule has 2 aliphatic rings. The third kappa shape index (κ3) is 4.72. The number of nitrogens with one attached hydrogen (secondary N) is 1. The Morgan fingerprint density at radius 2 is 1.95 bits per heavy atom. The van der Waals surface area contributed by atoms with Crippen molar-refractivity contribution in [3.05, 3.63) is 35.9 Å². The Bertz CT molecular complexity index is 425. The van der Waals surface area contributed by atoms with Gasteiger partial charge >= 0.3 is 0 Å². The van der Waals surface area contributed by atoms with Crippen LogP contribution in [0.25, 0.3) is 0 Å². The monoisotopic (exact) mass is 319 g/mol. The van der Waals surface area contributed by atoms with Crippen molar-refractivity contribution in [1.82, 2.24) is 15.1 Å². The van der Waals surface area contributed by atoms with Gasteiger partial charge in [0, 0.05) is 38.8 Å². The van der Waals surface area contributed by atoms with Crippen LogP contribution in [0.3, 0.4) is 0 Å². The minimum atomic E-state index is 0.468. The van der Waals surface area contributed by atoms with Gasteiger partial charge in [0.2, 0.25) is 0 Å².